The van der Waals surface area contributed by atoms with E-state index in [0.29, 0.717) is 22.6 Å². The molecule has 164 valence electrons. The third kappa shape index (κ3) is 2.99. The van der Waals surface area contributed by atoms with Gasteiger partial charge in [0.05, 0.1) is 33.9 Å². The fourth-order valence-electron chi connectivity index (χ4n) is 4.91. The lowest BCUT2D eigenvalue weighted by molar-refractivity contribution is -0.163. The first-order chi connectivity index (χ1) is 14.9. The van der Waals surface area contributed by atoms with E-state index >= 15 is 0 Å². The van der Waals surface area contributed by atoms with Crippen molar-refractivity contribution >= 4 is 17.7 Å². The molecule has 2 atom stereocenters. The second kappa shape index (κ2) is 8.41. The molecule has 0 radical (unpaired) electrons. The average molecular weight is 426 g/mol. The summed E-state index contributed by atoms with van der Waals surface area (Å²) in [6, 6.07) is 13.7. The van der Waals surface area contributed by atoms with Crippen LogP contribution >= 0.6 is 0 Å². The van der Waals surface area contributed by atoms with Crippen molar-refractivity contribution in [1.82, 2.24) is 0 Å². The van der Waals surface area contributed by atoms with Crippen molar-refractivity contribution in [2.45, 2.75) is 19.3 Å². The number of ketones is 1. The van der Waals surface area contributed by atoms with Crippen LogP contribution in [0.4, 0.5) is 0 Å². The number of Topliss-reactive ketones (excluding diaryl/α,β-unsaturated/α-hetero) is 1. The first-order valence-corrected chi connectivity index (χ1v) is 9.89. The first-order valence-electron chi connectivity index (χ1n) is 9.89. The van der Waals surface area contributed by atoms with Gasteiger partial charge in [-0.05, 0) is 24.1 Å². The van der Waals surface area contributed by atoms with Crippen molar-refractivity contribution < 1.29 is 33.3 Å². The van der Waals surface area contributed by atoms with E-state index in [0.717, 1.165) is 0 Å². The van der Waals surface area contributed by atoms with E-state index in [2.05, 4.69) is 0 Å². The molecule has 2 aromatic rings. The van der Waals surface area contributed by atoms with Crippen LogP contribution in [0, 0.1) is 10.8 Å². The standard InChI is InChI=1S/C24H26O7/c1-6-23(20(25)15-10-8-7-9-11-15)19(24(23,21(26)30-4)22(27)31-5)16-12-13-17(28-2)18(14-16)29-3/h7-14,19H,6H2,1-5H3/t19-,23+/m1/s1. The van der Waals surface area contributed by atoms with Gasteiger partial charge in [-0.2, -0.15) is 0 Å². The highest BCUT2D eigenvalue weighted by Crippen LogP contribution is 2.78. The third-order valence-electron chi connectivity index (χ3n) is 6.30. The van der Waals surface area contributed by atoms with E-state index in [1.165, 1.54) is 28.4 Å². The highest BCUT2D eigenvalue weighted by atomic mass is 16.5. The van der Waals surface area contributed by atoms with Crippen molar-refractivity contribution in [2.24, 2.45) is 10.8 Å². The van der Waals surface area contributed by atoms with Gasteiger partial charge in [0.15, 0.2) is 22.7 Å². The van der Waals surface area contributed by atoms with Crippen molar-refractivity contribution in [3.63, 3.8) is 0 Å². The molecule has 1 fully saturated rings. The Labute approximate surface area is 181 Å². The molecule has 0 amide bonds. The van der Waals surface area contributed by atoms with E-state index in [-0.39, 0.29) is 12.2 Å². The van der Waals surface area contributed by atoms with Crippen LogP contribution in [0.5, 0.6) is 11.5 Å². The van der Waals surface area contributed by atoms with Crippen LogP contribution in [0.25, 0.3) is 0 Å². The molecule has 1 aliphatic carbocycles. The lowest BCUT2D eigenvalue weighted by atomic mass is 9.83. The van der Waals surface area contributed by atoms with Gasteiger partial charge >= 0.3 is 11.9 Å². The zero-order valence-electron chi connectivity index (χ0n) is 18.3. The molecule has 0 saturated heterocycles. The van der Waals surface area contributed by atoms with E-state index in [9.17, 15) is 14.4 Å². The van der Waals surface area contributed by atoms with Crippen molar-refractivity contribution in [2.75, 3.05) is 28.4 Å². The van der Waals surface area contributed by atoms with Crippen LogP contribution < -0.4 is 9.47 Å². The van der Waals surface area contributed by atoms with Gasteiger partial charge in [0, 0.05) is 11.5 Å². The van der Waals surface area contributed by atoms with Gasteiger partial charge in [-0.15, -0.1) is 0 Å². The predicted molar refractivity (Wildman–Crippen MR) is 112 cm³/mol. The molecule has 0 unspecified atom stereocenters. The summed E-state index contributed by atoms with van der Waals surface area (Å²) in [5, 5.41) is 0. The van der Waals surface area contributed by atoms with Gasteiger partial charge in [-0.1, -0.05) is 43.3 Å². The van der Waals surface area contributed by atoms with Gasteiger partial charge in [0.2, 0.25) is 0 Å². The number of carbonyl (C=O) groups is 3. The zero-order valence-corrected chi connectivity index (χ0v) is 18.3. The number of hydrogen-bond acceptors (Lipinski definition) is 7. The van der Waals surface area contributed by atoms with E-state index in [1.54, 1.807) is 55.5 Å². The Morgan fingerprint density at radius 2 is 1.42 bits per heavy atom. The van der Waals surface area contributed by atoms with Crippen LogP contribution in [0.2, 0.25) is 0 Å². The van der Waals surface area contributed by atoms with Crippen molar-refractivity contribution in [3.05, 3.63) is 59.7 Å². The maximum absolute atomic E-state index is 13.8. The summed E-state index contributed by atoms with van der Waals surface area (Å²) >= 11 is 0. The summed E-state index contributed by atoms with van der Waals surface area (Å²) in [5.41, 5.74) is -2.18. The second-order valence-corrected chi connectivity index (χ2v) is 7.36. The molecule has 1 aliphatic rings. The van der Waals surface area contributed by atoms with Crippen LogP contribution in [0.3, 0.4) is 0 Å². The summed E-state index contributed by atoms with van der Waals surface area (Å²) in [6.45, 7) is 1.78. The first kappa shape index (κ1) is 22.3. The summed E-state index contributed by atoms with van der Waals surface area (Å²) in [4.78, 5) is 40.1. The quantitative estimate of drug-likeness (QED) is 0.363. The Kier molecular flexibility index (Phi) is 6.06. The minimum Gasteiger partial charge on any atom is -0.493 e. The molecule has 0 aliphatic heterocycles. The molecule has 1 saturated carbocycles. The number of benzene rings is 2. The fourth-order valence-corrected chi connectivity index (χ4v) is 4.91. The molecule has 0 N–H and O–H groups in total. The second-order valence-electron chi connectivity index (χ2n) is 7.36. The lowest BCUT2D eigenvalue weighted by Gasteiger charge is -2.20. The summed E-state index contributed by atoms with van der Waals surface area (Å²) in [6.07, 6.45) is 0.226. The maximum Gasteiger partial charge on any atom is 0.324 e. The molecule has 7 nitrogen and oxygen atoms in total. The number of ether oxygens (including phenoxy) is 4. The fraction of sp³-hybridized carbons (Fsp3) is 0.375. The molecule has 2 aromatic carbocycles. The van der Waals surface area contributed by atoms with Gasteiger partial charge in [-0.25, -0.2) is 0 Å². The van der Waals surface area contributed by atoms with Crippen LogP contribution in [0.15, 0.2) is 48.5 Å². The van der Waals surface area contributed by atoms with Crippen molar-refractivity contribution in [1.29, 1.82) is 0 Å². The van der Waals surface area contributed by atoms with Crippen LogP contribution in [0.1, 0.15) is 35.2 Å². The third-order valence-corrected chi connectivity index (χ3v) is 6.30. The largest absolute Gasteiger partial charge is 0.493 e. The monoisotopic (exact) mass is 426 g/mol. The molecule has 0 heterocycles. The molecular formula is C24H26O7. The summed E-state index contributed by atoms with van der Waals surface area (Å²) in [7, 11) is 5.40. The Hall–Kier alpha value is -3.35. The molecule has 0 spiro atoms. The highest BCUT2D eigenvalue weighted by molar-refractivity contribution is 6.19. The minimum absolute atomic E-state index is 0.226. The Morgan fingerprint density at radius 3 is 1.90 bits per heavy atom. The molecule has 3 rings (SSSR count). The number of carbonyl (C=O) groups excluding carboxylic acids is 3. The van der Waals surface area contributed by atoms with Crippen LogP contribution in [-0.4, -0.2) is 46.2 Å². The molecular weight excluding hydrogens is 400 g/mol. The molecule has 0 aromatic heterocycles. The number of rotatable bonds is 8. The molecule has 31 heavy (non-hydrogen) atoms. The van der Waals surface area contributed by atoms with Crippen LogP contribution in [-0.2, 0) is 19.1 Å². The smallest absolute Gasteiger partial charge is 0.324 e. The minimum atomic E-state index is -1.81. The number of esters is 2. The van der Waals surface area contributed by atoms with Gasteiger partial charge in [-0.3, -0.25) is 14.4 Å². The Morgan fingerprint density at radius 1 is 0.839 bits per heavy atom. The summed E-state index contributed by atoms with van der Waals surface area (Å²) in [5.74, 6) is -1.79. The lowest BCUT2D eigenvalue weighted by Crippen LogP contribution is -2.37. The van der Waals surface area contributed by atoms with E-state index in [1.807, 2.05) is 0 Å². The normalized spacial score (nSPS) is 21.0. The van der Waals surface area contributed by atoms with E-state index in [4.69, 9.17) is 18.9 Å². The summed E-state index contributed by atoms with van der Waals surface area (Å²) < 4.78 is 20.8. The maximum atomic E-state index is 13.8. The van der Waals surface area contributed by atoms with Gasteiger partial charge in [0.25, 0.3) is 0 Å². The molecule has 7 heteroatoms. The Bertz CT molecular complexity index is 982. The number of methoxy groups -OCH3 is 4. The zero-order chi connectivity index (χ0) is 22.8. The average Bonchev–Trinajstić information content (AvgIpc) is 3.47. The SMILES string of the molecule is CC[C@@]1(C(=O)c2ccccc2)[C@@H](c2ccc(OC)c(OC)c2)C1(C(=O)OC)C(=O)OC. The van der Waals surface area contributed by atoms with E-state index < -0.39 is 28.7 Å². The Balaban J connectivity index is 2.29. The highest BCUT2D eigenvalue weighted by Gasteiger charge is 2.88. The van der Waals surface area contributed by atoms with Gasteiger partial charge < -0.3 is 18.9 Å². The topological polar surface area (TPSA) is 88.1 Å². The predicted octanol–water partition coefficient (Wildman–Crippen LogP) is 3.41. The van der Waals surface area contributed by atoms with Gasteiger partial charge in [0.1, 0.15) is 0 Å². The molecule has 0 bridgehead atoms. The number of hydrogen-bond donors (Lipinski definition) is 0. The van der Waals surface area contributed by atoms with Crippen molar-refractivity contribution in [3.8, 4) is 11.5 Å².